The SMILES string of the molecule is Nc1n[nH]c2c1CN(C=O)C21CC1. The summed E-state index contributed by atoms with van der Waals surface area (Å²) < 4.78 is 0. The van der Waals surface area contributed by atoms with Gasteiger partial charge < -0.3 is 10.6 Å². The van der Waals surface area contributed by atoms with Crippen molar-refractivity contribution in [3.8, 4) is 0 Å². The van der Waals surface area contributed by atoms with Gasteiger partial charge in [-0.1, -0.05) is 0 Å². The minimum absolute atomic E-state index is 0.0678. The highest BCUT2D eigenvalue weighted by molar-refractivity contribution is 5.60. The molecule has 1 saturated carbocycles. The van der Waals surface area contributed by atoms with Gasteiger partial charge in [0.25, 0.3) is 0 Å². The lowest BCUT2D eigenvalue weighted by Crippen LogP contribution is -2.27. The van der Waals surface area contributed by atoms with E-state index in [1.54, 1.807) is 0 Å². The number of amides is 1. The van der Waals surface area contributed by atoms with E-state index >= 15 is 0 Å². The van der Waals surface area contributed by atoms with E-state index in [-0.39, 0.29) is 5.54 Å². The number of aromatic nitrogens is 2. The maximum absolute atomic E-state index is 10.8. The Morgan fingerprint density at radius 1 is 1.62 bits per heavy atom. The Balaban J connectivity index is 2.15. The number of H-pyrrole nitrogens is 1. The second kappa shape index (κ2) is 1.86. The van der Waals surface area contributed by atoms with Crippen molar-refractivity contribution in [1.82, 2.24) is 15.1 Å². The second-order valence-corrected chi connectivity index (χ2v) is 3.73. The van der Waals surface area contributed by atoms with Crippen molar-refractivity contribution < 1.29 is 4.79 Å². The number of carbonyl (C=O) groups excluding carboxylic acids is 1. The van der Waals surface area contributed by atoms with Crippen LogP contribution in [0.15, 0.2) is 0 Å². The van der Waals surface area contributed by atoms with Crippen molar-refractivity contribution in [2.45, 2.75) is 24.9 Å². The summed E-state index contributed by atoms with van der Waals surface area (Å²) in [7, 11) is 0. The van der Waals surface area contributed by atoms with E-state index in [2.05, 4.69) is 10.2 Å². The van der Waals surface area contributed by atoms with Gasteiger partial charge in [0.1, 0.15) is 0 Å². The number of nitrogens with two attached hydrogens (primary N) is 1. The predicted octanol–water partition coefficient (Wildman–Crippen LogP) is -0.0470. The first-order chi connectivity index (χ1) is 6.28. The molecule has 68 valence electrons. The van der Waals surface area contributed by atoms with Crippen molar-refractivity contribution >= 4 is 12.2 Å². The van der Waals surface area contributed by atoms with Crippen LogP contribution >= 0.6 is 0 Å². The third-order valence-corrected chi connectivity index (χ3v) is 3.09. The van der Waals surface area contributed by atoms with Crippen molar-refractivity contribution in [2.75, 3.05) is 5.73 Å². The van der Waals surface area contributed by atoms with E-state index < -0.39 is 0 Å². The molecule has 5 heteroatoms. The maximum atomic E-state index is 10.8. The highest BCUT2D eigenvalue weighted by Crippen LogP contribution is 2.55. The van der Waals surface area contributed by atoms with Crippen LogP contribution in [0.5, 0.6) is 0 Å². The predicted molar refractivity (Wildman–Crippen MR) is 45.5 cm³/mol. The van der Waals surface area contributed by atoms with Crippen LogP contribution in [0.4, 0.5) is 5.82 Å². The number of hydrogen-bond donors (Lipinski definition) is 2. The zero-order valence-corrected chi connectivity index (χ0v) is 7.08. The molecule has 0 atom stereocenters. The number of fused-ring (bicyclic) bond motifs is 2. The van der Waals surface area contributed by atoms with Gasteiger partial charge >= 0.3 is 0 Å². The number of aromatic amines is 1. The van der Waals surface area contributed by atoms with E-state index in [0.717, 1.165) is 30.5 Å². The lowest BCUT2D eigenvalue weighted by molar-refractivity contribution is -0.121. The normalized spacial score (nSPS) is 22.0. The van der Waals surface area contributed by atoms with Crippen LogP contribution < -0.4 is 5.73 Å². The van der Waals surface area contributed by atoms with E-state index in [4.69, 9.17) is 5.73 Å². The van der Waals surface area contributed by atoms with Gasteiger partial charge in [0.2, 0.25) is 6.41 Å². The maximum Gasteiger partial charge on any atom is 0.210 e. The summed E-state index contributed by atoms with van der Waals surface area (Å²) in [6, 6.07) is 0. The topological polar surface area (TPSA) is 75.0 Å². The van der Waals surface area contributed by atoms with Crippen LogP contribution in [0.2, 0.25) is 0 Å². The molecule has 1 aromatic rings. The summed E-state index contributed by atoms with van der Waals surface area (Å²) in [5.74, 6) is 0.533. The van der Waals surface area contributed by atoms with Crippen LogP contribution in [0.25, 0.3) is 0 Å². The van der Waals surface area contributed by atoms with Crippen LogP contribution in [0.1, 0.15) is 24.1 Å². The third-order valence-electron chi connectivity index (χ3n) is 3.09. The summed E-state index contributed by atoms with van der Waals surface area (Å²) in [6.07, 6.45) is 2.96. The molecule has 0 bridgehead atoms. The molecule has 0 radical (unpaired) electrons. The summed E-state index contributed by atoms with van der Waals surface area (Å²) in [4.78, 5) is 12.6. The highest BCUT2D eigenvalue weighted by Gasteiger charge is 2.56. The largest absolute Gasteiger partial charge is 0.382 e. The smallest absolute Gasteiger partial charge is 0.210 e. The first-order valence-electron chi connectivity index (χ1n) is 4.33. The van der Waals surface area contributed by atoms with Crippen molar-refractivity contribution in [3.63, 3.8) is 0 Å². The fourth-order valence-corrected chi connectivity index (χ4v) is 2.18. The fourth-order valence-electron chi connectivity index (χ4n) is 2.18. The molecule has 5 nitrogen and oxygen atoms in total. The average Bonchev–Trinajstić information content (AvgIpc) is 2.73. The molecule has 1 spiro atoms. The number of hydrogen-bond acceptors (Lipinski definition) is 3. The number of nitrogens with zero attached hydrogens (tertiary/aromatic N) is 2. The zero-order chi connectivity index (χ0) is 9.05. The van der Waals surface area contributed by atoms with Gasteiger partial charge in [0.05, 0.1) is 17.8 Å². The third kappa shape index (κ3) is 0.634. The van der Waals surface area contributed by atoms with Crippen LogP contribution in [-0.2, 0) is 16.9 Å². The summed E-state index contributed by atoms with van der Waals surface area (Å²) >= 11 is 0. The van der Waals surface area contributed by atoms with Gasteiger partial charge in [-0.05, 0) is 12.8 Å². The minimum atomic E-state index is -0.0678. The summed E-state index contributed by atoms with van der Waals surface area (Å²) in [5.41, 5.74) is 7.66. The molecule has 1 aliphatic carbocycles. The Labute approximate surface area is 74.9 Å². The van der Waals surface area contributed by atoms with Crippen molar-refractivity contribution in [2.24, 2.45) is 0 Å². The van der Waals surface area contributed by atoms with E-state index in [1.165, 1.54) is 0 Å². The Morgan fingerprint density at radius 3 is 3.00 bits per heavy atom. The van der Waals surface area contributed by atoms with Crippen LogP contribution in [-0.4, -0.2) is 21.5 Å². The van der Waals surface area contributed by atoms with Gasteiger partial charge in [-0.3, -0.25) is 9.89 Å². The molecule has 0 saturated heterocycles. The Morgan fingerprint density at radius 2 is 2.38 bits per heavy atom. The summed E-state index contributed by atoms with van der Waals surface area (Å²) in [5, 5.41) is 6.88. The molecule has 2 aliphatic rings. The van der Waals surface area contributed by atoms with E-state index in [1.807, 2.05) is 4.90 Å². The molecule has 13 heavy (non-hydrogen) atoms. The molecule has 1 fully saturated rings. The monoisotopic (exact) mass is 178 g/mol. The Kier molecular flexibility index (Phi) is 0.995. The first-order valence-corrected chi connectivity index (χ1v) is 4.33. The van der Waals surface area contributed by atoms with Gasteiger partial charge in [0, 0.05) is 5.56 Å². The highest BCUT2D eigenvalue weighted by atomic mass is 16.1. The van der Waals surface area contributed by atoms with Gasteiger partial charge in [-0.2, -0.15) is 5.10 Å². The average molecular weight is 178 g/mol. The quantitative estimate of drug-likeness (QED) is 0.592. The van der Waals surface area contributed by atoms with Gasteiger partial charge in [-0.15, -0.1) is 0 Å². The van der Waals surface area contributed by atoms with Gasteiger partial charge in [0.15, 0.2) is 5.82 Å². The lowest BCUT2D eigenvalue weighted by Gasteiger charge is -2.18. The number of nitrogen functional groups attached to an aromatic ring is 1. The number of nitrogens with one attached hydrogen (secondary N) is 1. The van der Waals surface area contributed by atoms with Crippen molar-refractivity contribution in [3.05, 3.63) is 11.3 Å². The number of rotatable bonds is 1. The molecular weight excluding hydrogens is 168 g/mol. The number of anilines is 1. The molecule has 3 N–H and O–H groups in total. The summed E-state index contributed by atoms with van der Waals surface area (Å²) in [6.45, 7) is 0.612. The molecule has 1 aromatic heterocycles. The van der Waals surface area contributed by atoms with Gasteiger partial charge in [-0.25, -0.2) is 0 Å². The van der Waals surface area contributed by atoms with E-state index in [0.29, 0.717) is 12.4 Å². The first kappa shape index (κ1) is 6.94. The zero-order valence-electron chi connectivity index (χ0n) is 7.08. The lowest BCUT2D eigenvalue weighted by atomic mass is 10.1. The number of carbonyl (C=O) groups is 1. The molecule has 0 unspecified atom stereocenters. The fraction of sp³-hybridized carbons (Fsp3) is 0.500. The standard InChI is InChI=1S/C8H10N4O/c9-7-5-3-12(4-13)8(1-2-8)6(5)10-11-7/h4H,1-3H2,(H3,9,10,11). The molecule has 0 aromatic carbocycles. The molecular formula is C8H10N4O. The molecule has 2 heterocycles. The Bertz CT molecular complexity index is 379. The van der Waals surface area contributed by atoms with Crippen LogP contribution in [0.3, 0.4) is 0 Å². The van der Waals surface area contributed by atoms with Crippen LogP contribution in [0, 0.1) is 0 Å². The second-order valence-electron chi connectivity index (χ2n) is 3.73. The van der Waals surface area contributed by atoms with E-state index in [9.17, 15) is 4.79 Å². The van der Waals surface area contributed by atoms with Crippen molar-refractivity contribution in [1.29, 1.82) is 0 Å². The Hall–Kier alpha value is -1.52. The molecule has 1 amide bonds. The minimum Gasteiger partial charge on any atom is -0.382 e. The molecule has 1 aliphatic heterocycles. The molecule has 3 rings (SSSR count).